The fourth-order valence-electron chi connectivity index (χ4n) is 5.52. The van der Waals surface area contributed by atoms with Gasteiger partial charge in [0.2, 0.25) is 0 Å². The van der Waals surface area contributed by atoms with Gasteiger partial charge in [-0.2, -0.15) is 0 Å². The van der Waals surface area contributed by atoms with Crippen LogP contribution in [0.2, 0.25) is 0 Å². The van der Waals surface area contributed by atoms with Crippen LogP contribution in [0.1, 0.15) is 32.1 Å². The Bertz CT molecular complexity index is 898. The molecular formula is C25H33N3O. The lowest BCUT2D eigenvalue weighted by molar-refractivity contribution is 0.0435. The van der Waals surface area contributed by atoms with E-state index in [2.05, 4.69) is 62.9 Å². The summed E-state index contributed by atoms with van der Waals surface area (Å²) in [7, 11) is 0. The van der Waals surface area contributed by atoms with E-state index in [-0.39, 0.29) is 6.10 Å². The Hall–Kier alpha value is -1.88. The Morgan fingerprint density at radius 3 is 1.97 bits per heavy atom. The topological polar surface area (TPSA) is 31.6 Å². The van der Waals surface area contributed by atoms with E-state index in [4.69, 9.17) is 0 Å². The lowest BCUT2D eigenvalue weighted by Crippen LogP contribution is -2.52. The molecular weight excluding hydrogens is 358 g/mol. The van der Waals surface area contributed by atoms with Gasteiger partial charge in [-0.1, -0.05) is 55.7 Å². The number of piperazine rings is 1. The summed E-state index contributed by atoms with van der Waals surface area (Å²) >= 11 is 0. The molecule has 1 saturated heterocycles. The van der Waals surface area contributed by atoms with Crippen molar-refractivity contribution in [3.8, 4) is 0 Å². The fourth-order valence-corrected chi connectivity index (χ4v) is 5.52. The number of β-amino-alcohol motifs (C(OH)–C–C–N with tert-alkyl or cyclic N) is 1. The van der Waals surface area contributed by atoms with Crippen LogP contribution in [0.3, 0.4) is 0 Å². The molecule has 2 fully saturated rings. The van der Waals surface area contributed by atoms with Gasteiger partial charge in [0.1, 0.15) is 0 Å². The van der Waals surface area contributed by atoms with Gasteiger partial charge >= 0.3 is 0 Å². The average molecular weight is 392 g/mol. The number of para-hydroxylation sites is 2. The van der Waals surface area contributed by atoms with Crippen LogP contribution in [-0.4, -0.2) is 64.3 Å². The number of hydrogen-bond acceptors (Lipinski definition) is 3. The normalized spacial score (nSPS) is 21.1. The van der Waals surface area contributed by atoms with Crippen molar-refractivity contribution in [3.63, 3.8) is 0 Å². The molecule has 0 spiro atoms. The minimum Gasteiger partial charge on any atom is -0.390 e. The zero-order valence-corrected chi connectivity index (χ0v) is 17.3. The van der Waals surface area contributed by atoms with Crippen molar-refractivity contribution in [3.05, 3.63) is 48.5 Å². The number of hydrogen-bond donors (Lipinski definition) is 1. The van der Waals surface area contributed by atoms with E-state index in [1.165, 1.54) is 53.9 Å². The van der Waals surface area contributed by atoms with Crippen LogP contribution in [0.25, 0.3) is 21.8 Å². The summed E-state index contributed by atoms with van der Waals surface area (Å²) in [6, 6.07) is 17.9. The van der Waals surface area contributed by atoms with Crippen LogP contribution < -0.4 is 0 Å². The van der Waals surface area contributed by atoms with Crippen LogP contribution in [0.15, 0.2) is 48.5 Å². The second kappa shape index (κ2) is 8.47. The molecule has 3 aromatic rings. The molecule has 1 aliphatic carbocycles. The minimum absolute atomic E-state index is 0.351. The fraction of sp³-hybridized carbons (Fsp3) is 0.520. The molecule has 2 aliphatic rings. The predicted octanol–water partition coefficient (Wildman–Crippen LogP) is 4.11. The van der Waals surface area contributed by atoms with Gasteiger partial charge < -0.3 is 9.67 Å². The highest BCUT2D eigenvalue weighted by molar-refractivity contribution is 6.07. The van der Waals surface area contributed by atoms with E-state index >= 15 is 0 Å². The third kappa shape index (κ3) is 3.94. The van der Waals surface area contributed by atoms with Gasteiger partial charge in [-0.15, -0.1) is 0 Å². The second-order valence-corrected chi connectivity index (χ2v) is 8.93. The maximum absolute atomic E-state index is 10.9. The highest BCUT2D eigenvalue weighted by Crippen LogP contribution is 2.29. The number of nitrogens with zero attached hydrogens (tertiary/aromatic N) is 3. The Morgan fingerprint density at radius 2 is 1.34 bits per heavy atom. The summed E-state index contributed by atoms with van der Waals surface area (Å²) in [5.41, 5.74) is 2.43. The van der Waals surface area contributed by atoms with Crippen LogP contribution in [0.5, 0.6) is 0 Å². The predicted molar refractivity (Wildman–Crippen MR) is 120 cm³/mol. The molecule has 2 heterocycles. The first-order chi connectivity index (χ1) is 14.3. The molecule has 1 saturated carbocycles. The lowest BCUT2D eigenvalue weighted by atomic mass is 9.94. The highest BCUT2D eigenvalue weighted by Gasteiger charge is 2.26. The standard InChI is InChI=1S/C25H33N3O/c29-21(18-26-14-16-27(17-15-26)20-8-2-1-3-9-20)19-28-24-12-6-4-10-22(24)23-11-5-7-13-25(23)28/h4-7,10-13,20-21,29H,1-3,8-9,14-19H2/t21-/m0/s1. The minimum atomic E-state index is -0.351. The molecule has 1 aliphatic heterocycles. The van der Waals surface area contributed by atoms with Crippen molar-refractivity contribution in [2.45, 2.75) is 50.8 Å². The van der Waals surface area contributed by atoms with E-state index in [0.29, 0.717) is 6.54 Å². The molecule has 2 aromatic carbocycles. The number of fused-ring (bicyclic) bond motifs is 3. The zero-order valence-electron chi connectivity index (χ0n) is 17.3. The number of aromatic nitrogens is 1. The maximum Gasteiger partial charge on any atom is 0.0845 e. The first-order valence-corrected chi connectivity index (χ1v) is 11.4. The van der Waals surface area contributed by atoms with Crippen LogP contribution in [0, 0.1) is 0 Å². The molecule has 5 rings (SSSR count). The van der Waals surface area contributed by atoms with Crippen LogP contribution in [-0.2, 0) is 6.54 Å². The summed E-state index contributed by atoms with van der Waals surface area (Å²) < 4.78 is 2.30. The largest absolute Gasteiger partial charge is 0.390 e. The van der Waals surface area contributed by atoms with Gasteiger partial charge in [-0.25, -0.2) is 0 Å². The van der Waals surface area contributed by atoms with Gasteiger partial charge in [-0.05, 0) is 25.0 Å². The van der Waals surface area contributed by atoms with Crippen molar-refractivity contribution < 1.29 is 5.11 Å². The Labute approximate surface area is 173 Å². The van der Waals surface area contributed by atoms with Gasteiger partial charge in [-0.3, -0.25) is 9.80 Å². The van der Waals surface area contributed by atoms with Gasteiger partial charge in [0, 0.05) is 60.6 Å². The van der Waals surface area contributed by atoms with Gasteiger partial charge in [0.15, 0.2) is 0 Å². The van der Waals surface area contributed by atoms with Crippen molar-refractivity contribution in [1.29, 1.82) is 0 Å². The Kier molecular flexibility index (Phi) is 5.58. The molecule has 1 N–H and O–H groups in total. The molecule has 1 aromatic heterocycles. The number of benzene rings is 2. The van der Waals surface area contributed by atoms with Crippen LogP contribution >= 0.6 is 0 Å². The first-order valence-electron chi connectivity index (χ1n) is 11.4. The van der Waals surface area contributed by atoms with Crippen molar-refractivity contribution in [1.82, 2.24) is 14.4 Å². The summed E-state index contributed by atoms with van der Waals surface area (Å²) in [6.45, 7) is 5.90. The zero-order chi connectivity index (χ0) is 19.6. The molecule has 0 unspecified atom stereocenters. The highest BCUT2D eigenvalue weighted by atomic mass is 16.3. The van der Waals surface area contributed by atoms with Crippen LogP contribution in [0.4, 0.5) is 0 Å². The molecule has 0 radical (unpaired) electrons. The third-order valence-electron chi connectivity index (χ3n) is 7.04. The summed E-state index contributed by atoms with van der Waals surface area (Å²) in [6.07, 6.45) is 6.65. The number of rotatable bonds is 5. The van der Waals surface area contributed by atoms with Crippen molar-refractivity contribution >= 4 is 21.8 Å². The summed E-state index contributed by atoms with van der Waals surface area (Å²) in [4.78, 5) is 5.16. The first kappa shape index (κ1) is 19.1. The molecule has 4 heteroatoms. The molecule has 4 nitrogen and oxygen atoms in total. The lowest BCUT2D eigenvalue weighted by Gasteiger charge is -2.41. The Morgan fingerprint density at radius 1 is 0.759 bits per heavy atom. The van der Waals surface area contributed by atoms with E-state index in [0.717, 1.165) is 38.8 Å². The number of aliphatic hydroxyl groups excluding tert-OH is 1. The van der Waals surface area contributed by atoms with E-state index in [1.807, 2.05) is 0 Å². The quantitative estimate of drug-likeness (QED) is 0.710. The van der Waals surface area contributed by atoms with Gasteiger partial charge in [0.25, 0.3) is 0 Å². The molecule has 1 atom stereocenters. The van der Waals surface area contributed by atoms with E-state index in [9.17, 15) is 5.11 Å². The second-order valence-electron chi connectivity index (χ2n) is 8.93. The van der Waals surface area contributed by atoms with Crippen molar-refractivity contribution in [2.75, 3.05) is 32.7 Å². The summed E-state index contributed by atoms with van der Waals surface area (Å²) in [5, 5.41) is 13.5. The molecule has 29 heavy (non-hydrogen) atoms. The Balaban J connectivity index is 1.24. The van der Waals surface area contributed by atoms with Crippen molar-refractivity contribution in [2.24, 2.45) is 0 Å². The smallest absolute Gasteiger partial charge is 0.0845 e. The number of aliphatic hydroxyl groups is 1. The SMILES string of the molecule is O[C@@H](CN1CCN(C2CCCCC2)CC1)Cn1c2ccccc2c2ccccc21. The molecule has 154 valence electrons. The monoisotopic (exact) mass is 391 g/mol. The van der Waals surface area contributed by atoms with Gasteiger partial charge in [0.05, 0.1) is 12.6 Å². The summed E-state index contributed by atoms with van der Waals surface area (Å²) in [5.74, 6) is 0. The third-order valence-corrected chi connectivity index (χ3v) is 7.04. The van der Waals surface area contributed by atoms with E-state index < -0.39 is 0 Å². The molecule has 0 bridgehead atoms. The average Bonchev–Trinajstić information content (AvgIpc) is 3.09. The molecule has 0 amide bonds. The van der Waals surface area contributed by atoms with E-state index in [1.54, 1.807) is 0 Å². The maximum atomic E-state index is 10.9.